The maximum Gasteiger partial charge on any atom is 0.363 e. The van der Waals surface area contributed by atoms with E-state index in [2.05, 4.69) is 4.99 Å². The standard InChI is InChI=1S/C18H11FN2O4/c19-14-9-7-13(8-10-14)17-20-16(18(22)25-17)6-2-4-12-3-1-5-15(11-12)21(23)24/h1-11H. The molecule has 0 aliphatic carbocycles. The van der Waals surface area contributed by atoms with Crippen LogP contribution in [-0.2, 0) is 9.53 Å². The first-order valence-corrected chi connectivity index (χ1v) is 7.22. The summed E-state index contributed by atoms with van der Waals surface area (Å²) in [5.41, 5.74) is 1.16. The Labute approximate surface area is 141 Å². The molecule has 0 atom stereocenters. The number of esters is 1. The molecule has 0 bridgehead atoms. The molecular weight excluding hydrogens is 327 g/mol. The van der Waals surface area contributed by atoms with Crippen LogP contribution in [0.5, 0.6) is 0 Å². The van der Waals surface area contributed by atoms with E-state index in [0.717, 1.165) is 0 Å². The van der Waals surface area contributed by atoms with E-state index < -0.39 is 16.7 Å². The Kier molecular flexibility index (Phi) is 4.47. The van der Waals surface area contributed by atoms with Crippen molar-refractivity contribution in [3.05, 3.63) is 93.4 Å². The van der Waals surface area contributed by atoms with Crippen molar-refractivity contribution in [1.29, 1.82) is 0 Å². The predicted octanol–water partition coefficient (Wildman–Crippen LogP) is 3.63. The second-order valence-corrected chi connectivity index (χ2v) is 5.08. The number of cyclic esters (lactones) is 1. The van der Waals surface area contributed by atoms with Crippen LogP contribution in [-0.4, -0.2) is 16.8 Å². The molecule has 1 aliphatic rings. The molecule has 6 nitrogen and oxygen atoms in total. The van der Waals surface area contributed by atoms with E-state index in [1.54, 1.807) is 24.3 Å². The number of ether oxygens (including phenoxy) is 1. The Morgan fingerprint density at radius 3 is 2.64 bits per heavy atom. The molecular formula is C18H11FN2O4. The number of carbonyl (C=O) groups excluding carboxylic acids is 1. The maximum absolute atomic E-state index is 12.9. The summed E-state index contributed by atoms with van der Waals surface area (Å²) in [5, 5.41) is 10.7. The van der Waals surface area contributed by atoms with Crippen LogP contribution in [0.25, 0.3) is 6.08 Å². The average molecular weight is 338 g/mol. The van der Waals surface area contributed by atoms with Gasteiger partial charge >= 0.3 is 5.97 Å². The zero-order chi connectivity index (χ0) is 17.8. The smallest absolute Gasteiger partial charge is 0.363 e. The molecule has 0 amide bonds. The van der Waals surface area contributed by atoms with Crippen LogP contribution in [0.4, 0.5) is 10.1 Å². The van der Waals surface area contributed by atoms with Crippen LogP contribution < -0.4 is 0 Å². The van der Waals surface area contributed by atoms with Gasteiger partial charge in [0.25, 0.3) is 5.69 Å². The van der Waals surface area contributed by atoms with Gasteiger partial charge in [0.1, 0.15) is 5.82 Å². The van der Waals surface area contributed by atoms with Crippen molar-refractivity contribution in [2.45, 2.75) is 0 Å². The van der Waals surface area contributed by atoms with Gasteiger partial charge in [-0.1, -0.05) is 24.3 Å². The summed E-state index contributed by atoms with van der Waals surface area (Å²) in [6.45, 7) is 0. The average Bonchev–Trinajstić information content (AvgIpc) is 2.97. The van der Waals surface area contributed by atoms with Crippen LogP contribution in [0.1, 0.15) is 11.1 Å². The summed E-state index contributed by atoms with van der Waals surface area (Å²) in [6.07, 6.45) is 4.60. The Hall–Kier alpha value is -3.61. The van der Waals surface area contributed by atoms with Gasteiger partial charge in [0, 0.05) is 17.7 Å². The number of hydrogen-bond donors (Lipinski definition) is 0. The highest BCUT2D eigenvalue weighted by Crippen LogP contribution is 2.18. The summed E-state index contributed by atoms with van der Waals surface area (Å²) < 4.78 is 18.0. The summed E-state index contributed by atoms with van der Waals surface area (Å²) in [6, 6.07) is 11.5. The van der Waals surface area contributed by atoms with Gasteiger partial charge < -0.3 is 4.74 Å². The molecule has 0 fully saturated rings. The van der Waals surface area contributed by atoms with E-state index in [9.17, 15) is 19.3 Å². The monoisotopic (exact) mass is 338 g/mol. The van der Waals surface area contributed by atoms with Gasteiger partial charge in [-0.3, -0.25) is 10.1 Å². The molecule has 2 aromatic carbocycles. The molecule has 1 aliphatic heterocycles. The number of benzene rings is 2. The number of rotatable bonds is 4. The second kappa shape index (κ2) is 6.88. The Morgan fingerprint density at radius 2 is 1.92 bits per heavy atom. The molecule has 25 heavy (non-hydrogen) atoms. The second-order valence-electron chi connectivity index (χ2n) is 5.08. The van der Waals surface area contributed by atoms with Crippen molar-refractivity contribution in [3.63, 3.8) is 0 Å². The number of halogens is 1. The summed E-state index contributed by atoms with van der Waals surface area (Å²) in [7, 11) is 0. The van der Waals surface area contributed by atoms with Gasteiger partial charge in [-0.15, -0.1) is 0 Å². The van der Waals surface area contributed by atoms with E-state index in [-0.39, 0.29) is 17.3 Å². The lowest BCUT2D eigenvalue weighted by Gasteiger charge is -1.98. The fourth-order valence-corrected chi connectivity index (χ4v) is 2.13. The topological polar surface area (TPSA) is 81.8 Å². The van der Waals surface area contributed by atoms with Crippen LogP contribution in [0, 0.1) is 15.9 Å². The molecule has 0 unspecified atom stereocenters. The van der Waals surface area contributed by atoms with Crippen molar-refractivity contribution in [3.8, 4) is 0 Å². The number of hydrogen-bond acceptors (Lipinski definition) is 5. The Balaban J connectivity index is 1.79. The summed E-state index contributed by atoms with van der Waals surface area (Å²) in [4.78, 5) is 26.1. The fourth-order valence-electron chi connectivity index (χ4n) is 2.13. The number of non-ortho nitro benzene ring substituents is 1. The van der Waals surface area contributed by atoms with Gasteiger partial charge in [0.05, 0.1) is 4.92 Å². The van der Waals surface area contributed by atoms with Crippen LogP contribution in [0.3, 0.4) is 0 Å². The van der Waals surface area contributed by atoms with E-state index in [1.807, 2.05) is 0 Å². The maximum atomic E-state index is 12.9. The molecule has 2 aromatic rings. The summed E-state index contributed by atoms with van der Waals surface area (Å²) in [5.74, 6) is -0.924. The first kappa shape index (κ1) is 16.3. The lowest BCUT2D eigenvalue weighted by molar-refractivity contribution is -0.384. The van der Waals surface area contributed by atoms with Gasteiger partial charge in [-0.25, -0.2) is 14.2 Å². The van der Waals surface area contributed by atoms with Gasteiger partial charge in [-0.2, -0.15) is 0 Å². The van der Waals surface area contributed by atoms with E-state index >= 15 is 0 Å². The third-order valence-electron chi connectivity index (χ3n) is 3.34. The SMILES string of the molecule is O=C1OC(c2ccc(F)cc2)=NC1=CC=Cc1cccc([N+](=O)[O-])c1. The molecule has 0 N–H and O–H groups in total. The quantitative estimate of drug-likeness (QED) is 0.369. The van der Waals surface area contributed by atoms with E-state index in [4.69, 9.17) is 4.74 Å². The molecule has 7 heteroatoms. The van der Waals surface area contributed by atoms with Crippen molar-refractivity contribution < 1.29 is 18.8 Å². The fraction of sp³-hybridized carbons (Fsp3) is 0. The number of aliphatic imine (C=N–C) groups is 1. The highest BCUT2D eigenvalue weighted by Gasteiger charge is 2.23. The van der Waals surface area contributed by atoms with Crippen molar-refractivity contribution in [2.24, 2.45) is 4.99 Å². The minimum atomic E-state index is -0.622. The van der Waals surface area contributed by atoms with Crippen molar-refractivity contribution in [2.75, 3.05) is 0 Å². The van der Waals surface area contributed by atoms with Crippen molar-refractivity contribution >= 4 is 23.6 Å². The molecule has 0 spiro atoms. The molecule has 3 rings (SSSR count). The van der Waals surface area contributed by atoms with Crippen molar-refractivity contribution in [1.82, 2.24) is 0 Å². The molecule has 0 aromatic heterocycles. The zero-order valence-corrected chi connectivity index (χ0v) is 12.8. The molecule has 0 saturated carbocycles. The number of nitrogens with zero attached hydrogens (tertiary/aromatic N) is 2. The minimum Gasteiger partial charge on any atom is -0.402 e. The van der Waals surface area contributed by atoms with Gasteiger partial charge in [0.2, 0.25) is 5.90 Å². The third kappa shape index (κ3) is 3.84. The van der Waals surface area contributed by atoms with Crippen LogP contribution >= 0.6 is 0 Å². The van der Waals surface area contributed by atoms with E-state index in [1.165, 1.54) is 42.5 Å². The molecule has 1 heterocycles. The Morgan fingerprint density at radius 1 is 1.16 bits per heavy atom. The molecule has 124 valence electrons. The lowest BCUT2D eigenvalue weighted by Crippen LogP contribution is -2.05. The number of nitro benzene ring substituents is 1. The molecule has 0 saturated heterocycles. The number of carbonyl (C=O) groups is 1. The highest BCUT2D eigenvalue weighted by atomic mass is 19.1. The third-order valence-corrected chi connectivity index (χ3v) is 3.34. The first-order chi connectivity index (χ1) is 12.0. The normalized spacial score (nSPS) is 15.5. The first-order valence-electron chi connectivity index (χ1n) is 7.22. The van der Waals surface area contributed by atoms with Crippen LogP contribution in [0.2, 0.25) is 0 Å². The lowest BCUT2D eigenvalue weighted by atomic mass is 10.2. The number of allylic oxidation sites excluding steroid dienone is 2. The van der Waals surface area contributed by atoms with Gasteiger partial charge in [-0.05, 0) is 35.9 Å². The van der Waals surface area contributed by atoms with Gasteiger partial charge in [0.15, 0.2) is 5.70 Å². The molecule has 0 radical (unpaired) electrons. The number of nitro groups is 1. The largest absolute Gasteiger partial charge is 0.402 e. The Bertz CT molecular complexity index is 930. The van der Waals surface area contributed by atoms with E-state index in [0.29, 0.717) is 11.1 Å². The van der Waals surface area contributed by atoms with Crippen LogP contribution in [0.15, 0.2) is 71.4 Å². The summed E-state index contributed by atoms with van der Waals surface area (Å²) >= 11 is 0. The highest BCUT2D eigenvalue weighted by molar-refractivity contribution is 6.11. The predicted molar refractivity (Wildman–Crippen MR) is 89.2 cm³/mol. The minimum absolute atomic E-state index is 0.0216. The zero-order valence-electron chi connectivity index (χ0n) is 12.8.